The van der Waals surface area contributed by atoms with Crippen molar-refractivity contribution in [3.63, 3.8) is 0 Å². The molecule has 0 radical (unpaired) electrons. The van der Waals surface area contributed by atoms with Gasteiger partial charge in [0.05, 0.1) is 4.90 Å². The molecule has 0 unspecified atom stereocenters. The lowest BCUT2D eigenvalue weighted by Gasteiger charge is -2.17. The first kappa shape index (κ1) is 25.2. The van der Waals surface area contributed by atoms with Gasteiger partial charge in [-0.3, -0.25) is 0 Å². The lowest BCUT2D eigenvalue weighted by molar-refractivity contribution is 0.475. The number of fused-ring (bicyclic) bond motifs is 1. The Balaban J connectivity index is 1.39. The Hall–Kier alpha value is -4.49. The van der Waals surface area contributed by atoms with Gasteiger partial charge in [0.1, 0.15) is 17.2 Å². The Labute approximate surface area is 222 Å². The second kappa shape index (κ2) is 10.9. The number of nitrogens with one attached hydrogen (secondary N) is 1. The molecule has 0 saturated carbocycles. The van der Waals surface area contributed by atoms with E-state index in [9.17, 15) is 13.5 Å². The second-order valence-electron chi connectivity index (χ2n) is 9.00. The molecule has 1 aliphatic heterocycles. The van der Waals surface area contributed by atoms with E-state index < -0.39 is 9.84 Å². The van der Waals surface area contributed by atoms with Crippen molar-refractivity contribution in [1.82, 2.24) is 4.90 Å². The van der Waals surface area contributed by atoms with Crippen molar-refractivity contribution < 1.29 is 18.3 Å². The Bertz CT molecular complexity index is 1620. The zero-order chi connectivity index (χ0) is 26.5. The van der Waals surface area contributed by atoms with E-state index in [0.29, 0.717) is 11.5 Å². The Morgan fingerprint density at radius 2 is 1.55 bits per heavy atom. The standard InChI is InChI=1S/C31H28N2O4S/c1-38(35,36)28-14-6-23(7-15-28)29-16-8-24-22-26(34)11-17-30(24)31(29)37-27-12-9-25(10-13-27)32-18-21-33-19-4-2-3-5-20-33/h2-17,19-20,22,32,34H,18,21H2,1H3. The molecule has 7 heteroatoms. The minimum Gasteiger partial charge on any atom is -0.508 e. The van der Waals surface area contributed by atoms with Gasteiger partial charge in [0.25, 0.3) is 0 Å². The van der Waals surface area contributed by atoms with Crippen LogP contribution in [-0.4, -0.2) is 37.8 Å². The van der Waals surface area contributed by atoms with E-state index in [1.807, 2.05) is 79.2 Å². The molecule has 2 N–H and O–H groups in total. The number of benzene rings is 4. The fourth-order valence-electron chi connectivity index (χ4n) is 4.24. The molecule has 0 aromatic heterocycles. The van der Waals surface area contributed by atoms with Crippen LogP contribution in [0.3, 0.4) is 0 Å². The van der Waals surface area contributed by atoms with Crippen LogP contribution in [0, 0.1) is 0 Å². The van der Waals surface area contributed by atoms with E-state index >= 15 is 0 Å². The van der Waals surface area contributed by atoms with E-state index in [0.717, 1.165) is 40.7 Å². The van der Waals surface area contributed by atoms with Crippen molar-refractivity contribution in [2.24, 2.45) is 0 Å². The van der Waals surface area contributed by atoms with E-state index in [2.05, 4.69) is 10.2 Å². The summed E-state index contributed by atoms with van der Waals surface area (Å²) < 4.78 is 30.3. The minimum absolute atomic E-state index is 0.173. The topological polar surface area (TPSA) is 78.9 Å². The predicted molar refractivity (Wildman–Crippen MR) is 153 cm³/mol. The van der Waals surface area contributed by atoms with Crippen molar-refractivity contribution in [3.8, 4) is 28.4 Å². The molecule has 0 fully saturated rings. The summed E-state index contributed by atoms with van der Waals surface area (Å²) in [6, 6.07) is 23.5. The fraction of sp³-hybridized carbons (Fsp3) is 0.0968. The molecule has 0 bridgehead atoms. The third-order valence-electron chi connectivity index (χ3n) is 6.21. The molecule has 192 valence electrons. The molecule has 0 saturated heterocycles. The van der Waals surface area contributed by atoms with Crippen molar-refractivity contribution >= 4 is 26.3 Å². The third kappa shape index (κ3) is 5.90. The number of anilines is 1. The van der Waals surface area contributed by atoms with Gasteiger partial charge in [0.2, 0.25) is 0 Å². The number of rotatable bonds is 8. The van der Waals surface area contributed by atoms with Gasteiger partial charge in [0, 0.05) is 48.4 Å². The smallest absolute Gasteiger partial charge is 0.175 e. The van der Waals surface area contributed by atoms with E-state index in [1.54, 1.807) is 36.4 Å². The van der Waals surface area contributed by atoms with E-state index in [-0.39, 0.29) is 10.6 Å². The van der Waals surface area contributed by atoms with Crippen LogP contribution in [0.4, 0.5) is 5.69 Å². The number of ether oxygens (including phenoxy) is 1. The van der Waals surface area contributed by atoms with Crippen LogP contribution in [0.15, 0.2) is 120 Å². The molecule has 0 spiro atoms. The average molecular weight is 525 g/mol. The molecule has 5 rings (SSSR count). The molecule has 6 nitrogen and oxygen atoms in total. The van der Waals surface area contributed by atoms with Crippen LogP contribution in [0.5, 0.6) is 17.2 Å². The Kier molecular flexibility index (Phi) is 7.20. The van der Waals surface area contributed by atoms with Crippen LogP contribution in [0.1, 0.15) is 0 Å². The number of nitrogens with zero attached hydrogens (tertiary/aromatic N) is 1. The molecule has 0 amide bonds. The molecule has 4 aromatic carbocycles. The molecule has 38 heavy (non-hydrogen) atoms. The van der Waals surface area contributed by atoms with Crippen LogP contribution in [0.2, 0.25) is 0 Å². The van der Waals surface area contributed by atoms with Gasteiger partial charge in [-0.2, -0.15) is 0 Å². The number of phenolic OH excluding ortho intramolecular Hbond substituents is 1. The fourth-order valence-corrected chi connectivity index (χ4v) is 4.87. The molecular weight excluding hydrogens is 496 g/mol. The summed E-state index contributed by atoms with van der Waals surface area (Å²) in [5, 5.41) is 15.1. The average Bonchev–Trinajstić information content (AvgIpc) is 3.18. The first-order valence-electron chi connectivity index (χ1n) is 12.2. The molecular formula is C31H28N2O4S. The molecule has 0 atom stereocenters. The first-order chi connectivity index (χ1) is 18.4. The van der Waals surface area contributed by atoms with Gasteiger partial charge >= 0.3 is 0 Å². The summed E-state index contributed by atoms with van der Waals surface area (Å²) in [7, 11) is -3.30. The van der Waals surface area contributed by atoms with Crippen LogP contribution >= 0.6 is 0 Å². The Morgan fingerprint density at radius 3 is 2.24 bits per heavy atom. The summed E-state index contributed by atoms with van der Waals surface area (Å²) in [6.45, 7) is 1.60. The van der Waals surface area contributed by atoms with Crippen LogP contribution < -0.4 is 10.1 Å². The van der Waals surface area contributed by atoms with Gasteiger partial charge in [-0.05, 0) is 83.8 Å². The molecule has 1 aliphatic rings. The Morgan fingerprint density at radius 1 is 0.842 bits per heavy atom. The second-order valence-corrected chi connectivity index (χ2v) is 11.0. The number of sulfone groups is 1. The zero-order valence-electron chi connectivity index (χ0n) is 20.9. The maximum atomic E-state index is 11.9. The number of phenols is 1. The summed E-state index contributed by atoms with van der Waals surface area (Å²) in [5.41, 5.74) is 2.63. The van der Waals surface area contributed by atoms with Crippen molar-refractivity contribution in [2.75, 3.05) is 24.7 Å². The number of aromatic hydroxyl groups is 1. The normalized spacial score (nSPS) is 13.0. The molecule has 4 aromatic rings. The zero-order valence-corrected chi connectivity index (χ0v) is 21.7. The molecule has 0 aliphatic carbocycles. The maximum Gasteiger partial charge on any atom is 0.175 e. The van der Waals surface area contributed by atoms with Gasteiger partial charge in [-0.15, -0.1) is 0 Å². The largest absolute Gasteiger partial charge is 0.508 e. The number of hydrogen-bond acceptors (Lipinski definition) is 6. The monoisotopic (exact) mass is 524 g/mol. The SMILES string of the molecule is CS(=O)(=O)c1ccc(-c2ccc3cc(O)ccc3c2Oc2ccc(NCCN3C=CC=CC=C3)cc2)cc1. The summed E-state index contributed by atoms with van der Waals surface area (Å²) in [6.07, 6.45) is 13.3. The van der Waals surface area contributed by atoms with Gasteiger partial charge < -0.3 is 20.1 Å². The highest BCUT2D eigenvalue weighted by Gasteiger charge is 2.14. The van der Waals surface area contributed by atoms with Gasteiger partial charge in [-0.25, -0.2) is 8.42 Å². The molecule has 1 heterocycles. The highest BCUT2D eigenvalue weighted by Crippen LogP contribution is 2.41. The highest BCUT2D eigenvalue weighted by atomic mass is 32.2. The first-order valence-corrected chi connectivity index (χ1v) is 14.1. The quantitative estimate of drug-likeness (QED) is 0.266. The summed E-state index contributed by atoms with van der Waals surface area (Å²) >= 11 is 0. The van der Waals surface area contributed by atoms with E-state index in [4.69, 9.17) is 4.74 Å². The number of allylic oxidation sites excluding steroid dienone is 4. The summed E-state index contributed by atoms with van der Waals surface area (Å²) in [4.78, 5) is 2.38. The van der Waals surface area contributed by atoms with Gasteiger partial charge in [0.15, 0.2) is 9.84 Å². The maximum absolute atomic E-state index is 11.9. The van der Waals surface area contributed by atoms with Gasteiger partial charge in [-0.1, -0.05) is 30.4 Å². The lowest BCUT2D eigenvalue weighted by Crippen LogP contribution is -2.19. The number of hydrogen-bond donors (Lipinski definition) is 2. The van der Waals surface area contributed by atoms with Crippen LogP contribution in [-0.2, 0) is 9.84 Å². The van der Waals surface area contributed by atoms with Crippen molar-refractivity contribution in [1.29, 1.82) is 0 Å². The lowest BCUT2D eigenvalue weighted by atomic mass is 9.99. The predicted octanol–water partition coefficient (Wildman–Crippen LogP) is 6.72. The minimum atomic E-state index is -3.30. The van der Waals surface area contributed by atoms with E-state index in [1.165, 1.54) is 6.26 Å². The van der Waals surface area contributed by atoms with Crippen LogP contribution in [0.25, 0.3) is 21.9 Å². The highest BCUT2D eigenvalue weighted by molar-refractivity contribution is 7.90. The summed E-state index contributed by atoms with van der Waals surface area (Å²) in [5.74, 6) is 1.46. The van der Waals surface area contributed by atoms with Crippen molar-refractivity contribution in [2.45, 2.75) is 4.90 Å². The van der Waals surface area contributed by atoms with Crippen molar-refractivity contribution in [3.05, 3.63) is 116 Å². The third-order valence-corrected chi connectivity index (χ3v) is 7.34.